The van der Waals surface area contributed by atoms with Crippen molar-refractivity contribution in [2.24, 2.45) is 0 Å². The Kier molecular flexibility index (Phi) is 1.62. The number of carbonyl (C=O) groups is 1. The third-order valence-corrected chi connectivity index (χ3v) is 2.50. The fourth-order valence-electron chi connectivity index (χ4n) is 1.73. The number of fused-ring (bicyclic) bond motifs is 3. The predicted octanol–water partition coefficient (Wildman–Crippen LogP) is 0.0283. The molecule has 0 fully saturated rings. The summed E-state index contributed by atoms with van der Waals surface area (Å²) in [6.07, 6.45) is 5.41. The number of aromatic amines is 1. The van der Waals surface area contributed by atoms with E-state index in [4.69, 9.17) is 4.74 Å². The highest BCUT2D eigenvalue weighted by Crippen LogP contribution is 2.03. The molecular weight excluding hydrogens is 192 g/mol. The Hall–Kier alpha value is -2.10. The molecule has 0 saturated carbocycles. The molecule has 2 aromatic rings. The zero-order valence-electron chi connectivity index (χ0n) is 7.86. The van der Waals surface area contributed by atoms with Gasteiger partial charge in [-0.25, -0.2) is 0 Å². The van der Waals surface area contributed by atoms with E-state index in [0.717, 1.165) is 21.3 Å². The monoisotopic (exact) mass is 200 g/mol. The minimum absolute atomic E-state index is 0.233. The second-order valence-corrected chi connectivity index (χ2v) is 3.42. The number of cyclic esters (lactones) is 1. The van der Waals surface area contributed by atoms with Gasteiger partial charge in [0, 0.05) is 10.6 Å². The molecule has 15 heavy (non-hydrogen) atoms. The van der Waals surface area contributed by atoms with Gasteiger partial charge in [0.15, 0.2) is 0 Å². The summed E-state index contributed by atoms with van der Waals surface area (Å²) in [4.78, 5) is 11.1. The number of H-pyrrole nitrogens is 1. The summed E-state index contributed by atoms with van der Waals surface area (Å²) in [5.74, 6) is -0.233. The van der Waals surface area contributed by atoms with Crippen LogP contribution in [0.15, 0.2) is 18.3 Å². The number of benzene rings is 1. The summed E-state index contributed by atoms with van der Waals surface area (Å²) in [6.45, 7) is 0. The number of esters is 1. The molecule has 0 amide bonds. The molecule has 74 valence electrons. The average molecular weight is 200 g/mol. The number of carbonyl (C=O) groups excluding carboxylic acids is 1. The number of ether oxygens (including phenoxy) is 1. The lowest BCUT2D eigenvalue weighted by Gasteiger charge is -1.91. The largest absolute Gasteiger partial charge is 0.434 e. The van der Waals surface area contributed by atoms with Crippen LogP contribution in [0, 0.1) is 0 Å². The van der Waals surface area contributed by atoms with Gasteiger partial charge in [0.25, 0.3) is 0 Å². The van der Waals surface area contributed by atoms with Crippen LogP contribution in [0.25, 0.3) is 23.2 Å². The molecule has 0 bridgehead atoms. The number of hydrogen-bond acceptors (Lipinski definition) is 3. The molecule has 3 rings (SSSR count). The summed E-state index contributed by atoms with van der Waals surface area (Å²) < 4.78 is 4.97. The van der Waals surface area contributed by atoms with Crippen LogP contribution in [-0.2, 0) is 9.53 Å². The van der Waals surface area contributed by atoms with E-state index in [-0.39, 0.29) is 5.97 Å². The topological polar surface area (TPSA) is 55.0 Å². The number of nitrogens with zero attached hydrogens (tertiary/aromatic N) is 1. The normalized spacial score (nSPS) is 14.8. The van der Waals surface area contributed by atoms with E-state index < -0.39 is 0 Å². The van der Waals surface area contributed by atoms with Crippen molar-refractivity contribution >= 4 is 29.2 Å². The molecular formula is C11H8N2O2. The molecule has 0 atom stereocenters. The Morgan fingerprint density at radius 1 is 1.40 bits per heavy atom. The Labute approximate surface area is 84.9 Å². The highest BCUT2D eigenvalue weighted by molar-refractivity contribution is 5.83. The van der Waals surface area contributed by atoms with Crippen molar-refractivity contribution in [3.8, 4) is 0 Å². The van der Waals surface area contributed by atoms with E-state index in [1.54, 1.807) is 6.20 Å². The van der Waals surface area contributed by atoms with E-state index in [2.05, 4.69) is 10.2 Å². The smallest absolute Gasteiger partial charge is 0.314 e. The van der Waals surface area contributed by atoms with Crippen LogP contribution in [-0.4, -0.2) is 16.2 Å². The molecule has 1 aromatic heterocycles. The first-order valence-corrected chi connectivity index (χ1v) is 4.66. The van der Waals surface area contributed by atoms with Crippen molar-refractivity contribution in [1.82, 2.24) is 10.2 Å². The molecule has 0 spiro atoms. The van der Waals surface area contributed by atoms with Gasteiger partial charge in [-0.05, 0) is 11.3 Å². The summed E-state index contributed by atoms with van der Waals surface area (Å²) in [5.41, 5.74) is 0.941. The van der Waals surface area contributed by atoms with Gasteiger partial charge in [-0.15, -0.1) is 0 Å². The number of rotatable bonds is 0. The Morgan fingerprint density at radius 3 is 3.27 bits per heavy atom. The average Bonchev–Trinajstić information content (AvgIpc) is 2.64. The summed E-state index contributed by atoms with van der Waals surface area (Å²) in [6, 6.07) is 3.90. The predicted molar refractivity (Wildman–Crippen MR) is 55.0 cm³/mol. The lowest BCUT2D eigenvalue weighted by atomic mass is 10.1. The Bertz CT molecular complexity index is 655. The molecule has 4 heteroatoms. The fraction of sp³-hybridized carbons (Fsp3) is 0.0909. The van der Waals surface area contributed by atoms with Crippen LogP contribution in [0.5, 0.6) is 0 Å². The molecule has 4 nitrogen and oxygen atoms in total. The van der Waals surface area contributed by atoms with Crippen LogP contribution in [0.4, 0.5) is 0 Å². The van der Waals surface area contributed by atoms with Gasteiger partial charge in [-0.1, -0.05) is 12.1 Å². The van der Waals surface area contributed by atoms with Gasteiger partial charge in [-0.2, -0.15) is 5.10 Å². The maximum Gasteiger partial charge on any atom is 0.314 e. The van der Waals surface area contributed by atoms with Gasteiger partial charge >= 0.3 is 5.97 Å². The van der Waals surface area contributed by atoms with Crippen molar-refractivity contribution in [3.63, 3.8) is 0 Å². The van der Waals surface area contributed by atoms with Gasteiger partial charge in [0.1, 0.15) is 6.26 Å². The molecule has 0 saturated heterocycles. The second kappa shape index (κ2) is 2.95. The molecule has 0 aliphatic carbocycles. The standard InChI is InChI=1S/C11H8N2O2/c14-11-4-2-7-1-3-10-8(5-12-13-10)9(7)6-15-11/h1-3,5-6H,4H2,(H,12,13). The van der Waals surface area contributed by atoms with Crippen molar-refractivity contribution in [3.05, 3.63) is 28.8 Å². The van der Waals surface area contributed by atoms with Crippen molar-refractivity contribution in [1.29, 1.82) is 0 Å². The SMILES string of the molecule is O=C1CC=c2ccc3[nH]ncc3c2=CO1. The minimum atomic E-state index is -0.233. The Balaban J connectivity index is 2.49. The molecule has 1 N–H and O–H groups in total. The van der Waals surface area contributed by atoms with Crippen LogP contribution in [0.2, 0.25) is 0 Å². The Morgan fingerprint density at radius 2 is 2.33 bits per heavy atom. The van der Waals surface area contributed by atoms with Crippen molar-refractivity contribution in [2.75, 3.05) is 0 Å². The van der Waals surface area contributed by atoms with E-state index in [9.17, 15) is 4.79 Å². The lowest BCUT2D eigenvalue weighted by molar-refractivity contribution is -0.134. The first kappa shape index (κ1) is 8.23. The highest BCUT2D eigenvalue weighted by atomic mass is 16.5. The zero-order chi connectivity index (χ0) is 10.3. The lowest BCUT2D eigenvalue weighted by Crippen LogP contribution is -2.24. The van der Waals surface area contributed by atoms with E-state index in [1.807, 2.05) is 18.2 Å². The molecule has 0 radical (unpaired) electrons. The third kappa shape index (κ3) is 1.22. The number of hydrogen-bond donors (Lipinski definition) is 1. The highest BCUT2D eigenvalue weighted by Gasteiger charge is 2.05. The van der Waals surface area contributed by atoms with Crippen LogP contribution in [0.3, 0.4) is 0 Å². The van der Waals surface area contributed by atoms with Crippen LogP contribution >= 0.6 is 0 Å². The molecule has 0 unspecified atom stereocenters. The fourth-order valence-corrected chi connectivity index (χ4v) is 1.73. The summed E-state index contributed by atoms with van der Waals surface area (Å²) in [7, 11) is 0. The first-order chi connectivity index (χ1) is 7.34. The zero-order valence-corrected chi connectivity index (χ0v) is 7.86. The van der Waals surface area contributed by atoms with Gasteiger partial charge < -0.3 is 4.74 Å². The van der Waals surface area contributed by atoms with Gasteiger partial charge in [0.2, 0.25) is 0 Å². The molecule has 1 aliphatic rings. The molecule has 1 aromatic carbocycles. The third-order valence-electron chi connectivity index (χ3n) is 2.50. The number of nitrogens with one attached hydrogen (secondary N) is 1. The molecule has 2 heterocycles. The van der Waals surface area contributed by atoms with Crippen LogP contribution in [0.1, 0.15) is 6.42 Å². The van der Waals surface area contributed by atoms with E-state index in [1.165, 1.54) is 6.26 Å². The van der Waals surface area contributed by atoms with Crippen molar-refractivity contribution in [2.45, 2.75) is 6.42 Å². The second-order valence-electron chi connectivity index (χ2n) is 3.42. The maximum atomic E-state index is 11.1. The van der Waals surface area contributed by atoms with Gasteiger partial charge in [-0.3, -0.25) is 9.89 Å². The number of aromatic nitrogens is 2. The van der Waals surface area contributed by atoms with Gasteiger partial charge in [0.05, 0.1) is 18.1 Å². The van der Waals surface area contributed by atoms with E-state index in [0.29, 0.717) is 6.42 Å². The first-order valence-electron chi connectivity index (χ1n) is 4.66. The quantitative estimate of drug-likeness (QED) is 0.610. The maximum absolute atomic E-state index is 11.1. The minimum Gasteiger partial charge on any atom is -0.434 e. The summed E-state index contributed by atoms with van der Waals surface area (Å²) in [5, 5.41) is 9.73. The summed E-state index contributed by atoms with van der Waals surface area (Å²) >= 11 is 0. The van der Waals surface area contributed by atoms with Crippen molar-refractivity contribution < 1.29 is 9.53 Å². The van der Waals surface area contributed by atoms with Crippen LogP contribution < -0.4 is 10.4 Å². The van der Waals surface area contributed by atoms with E-state index >= 15 is 0 Å². The molecule has 1 aliphatic heterocycles.